The van der Waals surface area contributed by atoms with Crippen molar-refractivity contribution in [3.8, 4) is 0 Å². The molecule has 1 amide bonds. The largest absolute Gasteiger partial charge is 0.346 e. The molecule has 0 saturated carbocycles. The van der Waals surface area contributed by atoms with Crippen LogP contribution in [-0.4, -0.2) is 5.91 Å². The van der Waals surface area contributed by atoms with Gasteiger partial charge in [0, 0.05) is 10.0 Å². The zero-order chi connectivity index (χ0) is 14.7. The number of nitrogens with one attached hydrogen (secondary N) is 1. The van der Waals surface area contributed by atoms with E-state index in [1.807, 2.05) is 31.2 Å². The molecule has 20 heavy (non-hydrogen) atoms. The van der Waals surface area contributed by atoms with Gasteiger partial charge in [0.2, 0.25) is 0 Å². The topological polar surface area (TPSA) is 29.1 Å². The normalized spacial score (nSPS) is 12.0. The molecule has 2 rings (SSSR count). The summed E-state index contributed by atoms with van der Waals surface area (Å²) in [5, 5.41) is 2.88. The summed E-state index contributed by atoms with van der Waals surface area (Å²) in [5.41, 5.74) is 2.12. The third-order valence-corrected chi connectivity index (χ3v) is 3.69. The Morgan fingerprint density at radius 1 is 1.20 bits per heavy atom. The van der Waals surface area contributed by atoms with E-state index in [2.05, 4.69) is 21.2 Å². The molecular weight excluding hydrogens is 321 g/mol. The first-order chi connectivity index (χ1) is 9.47. The number of hydrogen-bond acceptors (Lipinski definition) is 1. The lowest BCUT2D eigenvalue weighted by molar-refractivity contribution is 0.0939. The van der Waals surface area contributed by atoms with Crippen molar-refractivity contribution < 1.29 is 9.18 Å². The zero-order valence-corrected chi connectivity index (χ0v) is 12.9. The van der Waals surface area contributed by atoms with Crippen LogP contribution in [-0.2, 0) is 0 Å². The Labute approximate surface area is 126 Å². The molecular formula is C16H15BrFNO. The van der Waals surface area contributed by atoms with E-state index in [1.165, 1.54) is 12.1 Å². The molecule has 0 aliphatic carbocycles. The van der Waals surface area contributed by atoms with Crippen LogP contribution in [0.3, 0.4) is 0 Å². The summed E-state index contributed by atoms with van der Waals surface area (Å²) in [6, 6.07) is 11.8. The summed E-state index contributed by atoms with van der Waals surface area (Å²) in [7, 11) is 0. The molecule has 4 heteroatoms. The lowest BCUT2D eigenvalue weighted by Gasteiger charge is -2.15. The monoisotopic (exact) mass is 335 g/mol. The molecule has 0 bridgehead atoms. The highest BCUT2D eigenvalue weighted by Crippen LogP contribution is 2.18. The third kappa shape index (κ3) is 3.45. The molecule has 0 aliphatic heterocycles. The van der Waals surface area contributed by atoms with Gasteiger partial charge in [0.1, 0.15) is 5.82 Å². The average Bonchev–Trinajstić information content (AvgIpc) is 2.42. The van der Waals surface area contributed by atoms with Gasteiger partial charge in [-0.05, 0) is 49.2 Å². The maximum atomic E-state index is 13.2. The molecule has 0 spiro atoms. The molecule has 0 aromatic heterocycles. The van der Waals surface area contributed by atoms with Crippen LogP contribution in [0.4, 0.5) is 4.39 Å². The van der Waals surface area contributed by atoms with Gasteiger partial charge in [0.15, 0.2) is 0 Å². The van der Waals surface area contributed by atoms with Crippen LogP contribution in [0, 0.1) is 12.7 Å². The van der Waals surface area contributed by atoms with E-state index >= 15 is 0 Å². The van der Waals surface area contributed by atoms with Crippen LogP contribution >= 0.6 is 15.9 Å². The molecule has 2 nitrogen and oxygen atoms in total. The van der Waals surface area contributed by atoms with E-state index < -0.39 is 5.82 Å². The Kier molecular flexibility index (Phi) is 4.55. The first-order valence-electron chi connectivity index (χ1n) is 6.30. The van der Waals surface area contributed by atoms with Crippen molar-refractivity contribution in [1.82, 2.24) is 5.32 Å². The standard InChI is InChI=1S/C16H15BrFNO/c1-10-3-8-14(18)9-15(10)16(20)19-11(2)12-4-6-13(17)7-5-12/h3-9,11H,1-2H3,(H,19,20). The smallest absolute Gasteiger partial charge is 0.252 e. The Morgan fingerprint density at radius 2 is 1.85 bits per heavy atom. The number of benzene rings is 2. The fraction of sp³-hybridized carbons (Fsp3) is 0.188. The summed E-state index contributed by atoms with van der Waals surface area (Å²) < 4.78 is 14.2. The average molecular weight is 336 g/mol. The first-order valence-corrected chi connectivity index (χ1v) is 7.09. The third-order valence-electron chi connectivity index (χ3n) is 3.16. The molecule has 1 atom stereocenters. The van der Waals surface area contributed by atoms with Crippen molar-refractivity contribution in [2.75, 3.05) is 0 Å². The highest BCUT2D eigenvalue weighted by Gasteiger charge is 2.14. The molecule has 1 N–H and O–H groups in total. The molecule has 2 aromatic carbocycles. The number of hydrogen-bond donors (Lipinski definition) is 1. The first kappa shape index (κ1) is 14.7. The molecule has 0 saturated heterocycles. The van der Waals surface area contributed by atoms with Gasteiger partial charge < -0.3 is 5.32 Å². The summed E-state index contributed by atoms with van der Waals surface area (Å²) in [6.07, 6.45) is 0. The highest BCUT2D eigenvalue weighted by molar-refractivity contribution is 9.10. The second kappa shape index (κ2) is 6.18. The molecule has 2 aromatic rings. The van der Waals surface area contributed by atoms with Gasteiger partial charge in [-0.25, -0.2) is 4.39 Å². The van der Waals surface area contributed by atoms with E-state index in [0.717, 1.165) is 15.6 Å². The molecule has 0 aliphatic rings. The summed E-state index contributed by atoms with van der Waals surface area (Å²) in [6.45, 7) is 3.69. The van der Waals surface area contributed by atoms with Gasteiger partial charge in [-0.1, -0.05) is 34.1 Å². The fourth-order valence-corrected chi connectivity index (χ4v) is 2.21. The quantitative estimate of drug-likeness (QED) is 0.885. The van der Waals surface area contributed by atoms with E-state index in [4.69, 9.17) is 0 Å². The molecule has 0 fully saturated rings. The predicted molar refractivity (Wildman–Crippen MR) is 81.2 cm³/mol. The Balaban J connectivity index is 2.15. The number of aryl methyl sites for hydroxylation is 1. The van der Waals surface area contributed by atoms with Crippen molar-refractivity contribution >= 4 is 21.8 Å². The predicted octanol–water partition coefficient (Wildman–Crippen LogP) is 4.39. The number of rotatable bonds is 3. The van der Waals surface area contributed by atoms with Crippen molar-refractivity contribution in [3.05, 3.63) is 69.4 Å². The maximum absolute atomic E-state index is 13.2. The zero-order valence-electron chi connectivity index (χ0n) is 11.3. The van der Waals surface area contributed by atoms with Crippen LogP contribution in [0.5, 0.6) is 0 Å². The van der Waals surface area contributed by atoms with Gasteiger partial charge in [0.25, 0.3) is 5.91 Å². The lowest BCUT2D eigenvalue weighted by Crippen LogP contribution is -2.27. The number of carbonyl (C=O) groups excluding carboxylic acids is 1. The van der Waals surface area contributed by atoms with Gasteiger partial charge in [-0.15, -0.1) is 0 Å². The van der Waals surface area contributed by atoms with Gasteiger partial charge in [-0.3, -0.25) is 4.79 Å². The van der Waals surface area contributed by atoms with Crippen LogP contribution in [0.1, 0.15) is 34.5 Å². The Hall–Kier alpha value is -1.68. The minimum absolute atomic E-state index is 0.140. The highest BCUT2D eigenvalue weighted by atomic mass is 79.9. The second-order valence-electron chi connectivity index (χ2n) is 4.71. The van der Waals surface area contributed by atoms with Crippen molar-refractivity contribution in [2.45, 2.75) is 19.9 Å². The summed E-state index contributed by atoms with van der Waals surface area (Å²) in [4.78, 5) is 12.2. The lowest BCUT2D eigenvalue weighted by atomic mass is 10.1. The number of carbonyl (C=O) groups is 1. The molecule has 0 heterocycles. The maximum Gasteiger partial charge on any atom is 0.252 e. The minimum Gasteiger partial charge on any atom is -0.346 e. The van der Waals surface area contributed by atoms with Gasteiger partial charge in [-0.2, -0.15) is 0 Å². The summed E-state index contributed by atoms with van der Waals surface area (Å²) in [5.74, 6) is -0.672. The minimum atomic E-state index is -0.406. The molecule has 1 unspecified atom stereocenters. The second-order valence-corrected chi connectivity index (χ2v) is 5.62. The number of halogens is 2. The van der Waals surface area contributed by atoms with Crippen molar-refractivity contribution in [3.63, 3.8) is 0 Å². The molecule has 104 valence electrons. The summed E-state index contributed by atoms with van der Waals surface area (Å²) >= 11 is 3.37. The number of amides is 1. The Bertz CT molecular complexity index is 625. The fourth-order valence-electron chi connectivity index (χ4n) is 1.95. The van der Waals surface area contributed by atoms with Crippen LogP contribution < -0.4 is 5.32 Å². The Morgan fingerprint density at radius 3 is 2.50 bits per heavy atom. The van der Waals surface area contributed by atoms with Crippen LogP contribution in [0.15, 0.2) is 46.9 Å². The van der Waals surface area contributed by atoms with E-state index in [-0.39, 0.29) is 11.9 Å². The van der Waals surface area contributed by atoms with Gasteiger partial charge in [0.05, 0.1) is 6.04 Å². The van der Waals surface area contributed by atoms with E-state index in [1.54, 1.807) is 13.0 Å². The van der Waals surface area contributed by atoms with Crippen molar-refractivity contribution in [2.24, 2.45) is 0 Å². The van der Waals surface area contributed by atoms with Crippen LogP contribution in [0.2, 0.25) is 0 Å². The van der Waals surface area contributed by atoms with Crippen LogP contribution in [0.25, 0.3) is 0 Å². The van der Waals surface area contributed by atoms with E-state index in [9.17, 15) is 9.18 Å². The SMILES string of the molecule is Cc1ccc(F)cc1C(=O)NC(C)c1ccc(Br)cc1. The van der Waals surface area contributed by atoms with Crippen molar-refractivity contribution in [1.29, 1.82) is 0 Å². The van der Waals surface area contributed by atoms with E-state index in [0.29, 0.717) is 5.56 Å². The van der Waals surface area contributed by atoms with Gasteiger partial charge >= 0.3 is 0 Å². The molecule has 0 radical (unpaired) electrons.